The molecule has 65 heavy (non-hydrogen) atoms. The molecule has 0 aliphatic carbocycles. The molecule has 0 spiro atoms. The van der Waals surface area contributed by atoms with E-state index in [0.717, 1.165) is 28.8 Å². The van der Waals surface area contributed by atoms with Crippen molar-refractivity contribution in [3.05, 3.63) is 113 Å². The normalized spacial score (nSPS) is 19.7. The molecule has 7 rings (SSSR count). The third-order valence-corrected chi connectivity index (χ3v) is 12.4. The van der Waals surface area contributed by atoms with E-state index in [2.05, 4.69) is 10.6 Å². The van der Waals surface area contributed by atoms with Crippen LogP contribution in [0.5, 0.6) is 11.5 Å². The van der Waals surface area contributed by atoms with Gasteiger partial charge in [0, 0.05) is 42.7 Å². The van der Waals surface area contributed by atoms with Gasteiger partial charge in [-0.1, -0.05) is 31.2 Å². The van der Waals surface area contributed by atoms with Crippen LogP contribution in [0.2, 0.25) is 0 Å². The highest BCUT2D eigenvalue weighted by Gasteiger charge is 2.53. The van der Waals surface area contributed by atoms with Crippen molar-refractivity contribution in [1.29, 1.82) is 0 Å². The van der Waals surface area contributed by atoms with Crippen LogP contribution in [-0.4, -0.2) is 96.4 Å². The number of ether oxygens (including phenoxy) is 2. The van der Waals surface area contributed by atoms with Gasteiger partial charge in [-0.2, -0.15) is 0 Å². The SMILES string of the molecule is CCOc1ccc2c(c1)CC(NCCCCO)C(=O)N2c1cccc(CN2C(=O)[C@@](O)([C@@H](C)/C=C/CCO)c3cc(N4C(=O)C(NCCCCO)Cc5cc(OCC)ccc54)ccc32)c1. The minimum absolute atomic E-state index is 0.0634. The van der Waals surface area contributed by atoms with E-state index in [1.54, 1.807) is 52.0 Å². The Hall–Kier alpha value is -5.61. The zero-order chi connectivity index (χ0) is 46.1. The van der Waals surface area contributed by atoms with E-state index in [9.17, 15) is 34.8 Å². The Morgan fingerprint density at radius 3 is 1.80 bits per heavy atom. The van der Waals surface area contributed by atoms with Gasteiger partial charge in [0.1, 0.15) is 11.5 Å². The number of fused-ring (bicyclic) bond motifs is 3. The summed E-state index contributed by atoms with van der Waals surface area (Å²) in [5.41, 5.74) is 3.87. The molecule has 0 aromatic heterocycles. The van der Waals surface area contributed by atoms with Gasteiger partial charge in [-0.3, -0.25) is 24.2 Å². The van der Waals surface area contributed by atoms with E-state index >= 15 is 0 Å². The minimum Gasteiger partial charge on any atom is -0.494 e. The highest BCUT2D eigenvalue weighted by atomic mass is 16.5. The first-order chi connectivity index (χ1) is 31.6. The van der Waals surface area contributed by atoms with Crippen molar-refractivity contribution < 1.29 is 44.3 Å². The van der Waals surface area contributed by atoms with Crippen molar-refractivity contribution in [1.82, 2.24) is 10.6 Å². The van der Waals surface area contributed by atoms with E-state index in [1.807, 2.05) is 74.5 Å². The second-order valence-corrected chi connectivity index (χ2v) is 16.8. The van der Waals surface area contributed by atoms with Crippen LogP contribution in [-0.2, 0) is 39.4 Å². The number of amides is 3. The summed E-state index contributed by atoms with van der Waals surface area (Å²) < 4.78 is 11.7. The summed E-state index contributed by atoms with van der Waals surface area (Å²) in [5, 5.41) is 47.8. The van der Waals surface area contributed by atoms with Crippen molar-refractivity contribution in [2.75, 3.05) is 60.8 Å². The summed E-state index contributed by atoms with van der Waals surface area (Å²) in [6, 6.07) is 23.1. The standard InChI is InChI=1S/C51H63N5O9/c1-4-64-40-17-20-45-36(28-40)30-43(52-22-7-10-25-58)48(60)55(45)38-15-12-14-35(27-38)33-54-47-19-16-39(32-42(47)51(63,50(54)62)34(3)13-6-9-24-57)56-46-21-18-41(65-5-2)29-37(46)31-44(49(56)61)53-23-8-11-26-59/h6,12-21,27-29,32,34,43-44,52-53,57-59,63H,4-5,7-11,22-26,30-31,33H2,1-3H3/b13-6+/t34-,43?,44?,51+/m0/s1. The van der Waals surface area contributed by atoms with Gasteiger partial charge in [0.2, 0.25) is 11.8 Å². The van der Waals surface area contributed by atoms with Gasteiger partial charge < -0.3 is 45.4 Å². The monoisotopic (exact) mass is 889 g/mol. The second kappa shape index (κ2) is 21.6. The highest BCUT2D eigenvalue weighted by molar-refractivity contribution is 6.10. The molecule has 4 aromatic carbocycles. The second-order valence-electron chi connectivity index (χ2n) is 16.8. The van der Waals surface area contributed by atoms with Crippen LogP contribution in [0.1, 0.15) is 75.1 Å². The lowest BCUT2D eigenvalue weighted by Gasteiger charge is -2.35. The molecule has 3 amide bonds. The number of carbonyl (C=O) groups is 3. The maximum absolute atomic E-state index is 14.9. The number of anilines is 5. The van der Waals surface area contributed by atoms with Crippen LogP contribution < -0.4 is 34.8 Å². The van der Waals surface area contributed by atoms with Crippen LogP contribution in [0.15, 0.2) is 91.0 Å². The number of benzene rings is 4. The molecule has 14 heteroatoms. The molecule has 3 aliphatic rings. The number of aliphatic hydroxyl groups is 4. The molecule has 0 fully saturated rings. The van der Waals surface area contributed by atoms with Crippen molar-refractivity contribution in [3.63, 3.8) is 0 Å². The van der Waals surface area contributed by atoms with E-state index in [-0.39, 0.29) is 38.2 Å². The molecular weight excluding hydrogens is 827 g/mol. The molecule has 3 heterocycles. The highest BCUT2D eigenvalue weighted by Crippen LogP contribution is 2.49. The first-order valence-electron chi connectivity index (χ1n) is 23.0. The summed E-state index contributed by atoms with van der Waals surface area (Å²) in [4.78, 5) is 48.6. The maximum Gasteiger partial charge on any atom is 0.264 e. The van der Waals surface area contributed by atoms with Gasteiger partial charge >= 0.3 is 0 Å². The Morgan fingerprint density at radius 2 is 1.26 bits per heavy atom. The molecule has 14 nitrogen and oxygen atoms in total. The maximum atomic E-state index is 14.9. The quantitative estimate of drug-likeness (QED) is 0.0421. The number of aliphatic hydroxyl groups excluding tert-OH is 3. The largest absolute Gasteiger partial charge is 0.494 e. The number of nitrogens with one attached hydrogen (secondary N) is 2. The van der Waals surface area contributed by atoms with Crippen LogP contribution in [0.25, 0.3) is 0 Å². The lowest BCUT2D eigenvalue weighted by Crippen LogP contribution is -2.49. The molecule has 2 unspecified atom stereocenters. The molecular formula is C51H63N5O9. The van der Waals surface area contributed by atoms with E-state index in [4.69, 9.17) is 9.47 Å². The van der Waals surface area contributed by atoms with E-state index in [1.165, 1.54) is 0 Å². The average molecular weight is 890 g/mol. The van der Waals surface area contributed by atoms with Gasteiger partial charge in [-0.15, -0.1) is 0 Å². The van der Waals surface area contributed by atoms with Crippen LogP contribution in [0.4, 0.5) is 28.4 Å². The van der Waals surface area contributed by atoms with Crippen molar-refractivity contribution >= 4 is 46.2 Å². The predicted octanol–water partition coefficient (Wildman–Crippen LogP) is 5.70. The van der Waals surface area contributed by atoms with Gasteiger partial charge in [-0.05, 0) is 155 Å². The van der Waals surface area contributed by atoms with Crippen LogP contribution >= 0.6 is 0 Å². The Labute approximate surface area is 381 Å². The molecule has 346 valence electrons. The van der Waals surface area contributed by atoms with Crippen LogP contribution in [0.3, 0.4) is 0 Å². The fraction of sp³-hybridized carbons (Fsp3) is 0.431. The molecule has 4 atom stereocenters. The predicted molar refractivity (Wildman–Crippen MR) is 251 cm³/mol. The van der Waals surface area contributed by atoms with Gasteiger partial charge in [0.25, 0.3) is 5.91 Å². The Morgan fingerprint density at radius 1 is 0.708 bits per heavy atom. The fourth-order valence-corrected chi connectivity index (χ4v) is 9.16. The molecule has 0 bridgehead atoms. The summed E-state index contributed by atoms with van der Waals surface area (Å²) in [6.07, 6.45) is 7.39. The Bertz CT molecular complexity index is 2350. The third kappa shape index (κ3) is 9.98. The van der Waals surface area contributed by atoms with Crippen molar-refractivity contribution in [2.24, 2.45) is 5.92 Å². The molecule has 0 saturated heterocycles. The van der Waals surface area contributed by atoms with E-state index < -0.39 is 29.5 Å². The fourth-order valence-electron chi connectivity index (χ4n) is 9.16. The van der Waals surface area contributed by atoms with Crippen LogP contribution in [0, 0.1) is 5.92 Å². The van der Waals surface area contributed by atoms with Gasteiger partial charge in [0.15, 0.2) is 5.60 Å². The smallest absolute Gasteiger partial charge is 0.264 e. The zero-order valence-electron chi connectivity index (χ0n) is 37.7. The minimum atomic E-state index is -2.04. The van der Waals surface area contributed by atoms with Gasteiger partial charge in [0.05, 0.1) is 48.9 Å². The topological polar surface area (TPSA) is 184 Å². The van der Waals surface area contributed by atoms with Crippen molar-refractivity contribution in [3.8, 4) is 11.5 Å². The summed E-state index contributed by atoms with van der Waals surface area (Å²) in [5.74, 6) is -0.175. The number of rotatable bonds is 22. The average Bonchev–Trinajstić information content (AvgIpc) is 3.51. The summed E-state index contributed by atoms with van der Waals surface area (Å²) in [6.45, 7) is 7.82. The number of nitrogens with zero attached hydrogens (tertiary/aromatic N) is 3. The third-order valence-electron chi connectivity index (χ3n) is 12.4. The molecule has 3 aliphatic heterocycles. The summed E-state index contributed by atoms with van der Waals surface area (Å²) >= 11 is 0. The molecule has 0 saturated carbocycles. The first-order valence-corrected chi connectivity index (χ1v) is 23.0. The first kappa shape index (κ1) is 47.4. The number of hydrogen-bond acceptors (Lipinski definition) is 11. The number of hydrogen-bond donors (Lipinski definition) is 6. The Balaban J connectivity index is 1.26. The Kier molecular flexibility index (Phi) is 15.7. The lowest BCUT2D eigenvalue weighted by molar-refractivity contribution is -0.139. The van der Waals surface area contributed by atoms with Gasteiger partial charge in [-0.25, -0.2) is 0 Å². The molecule has 6 N–H and O–H groups in total. The number of unbranched alkanes of at least 4 members (excludes halogenated alkanes) is 2. The number of carbonyl (C=O) groups excluding carboxylic acids is 3. The molecule has 0 radical (unpaired) electrons. The van der Waals surface area contributed by atoms with Crippen molar-refractivity contribution in [2.45, 2.75) is 89.9 Å². The van der Waals surface area contributed by atoms with E-state index in [0.29, 0.717) is 105 Å². The zero-order valence-corrected chi connectivity index (χ0v) is 37.7. The summed E-state index contributed by atoms with van der Waals surface area (Å²) in [7, 11) is 0. The molecule has 4 aromatic rings. The lowest BCUT2D eigenvalue weighted by atomic mass is 9.82.